The molecule has 0 aromatic carbocycles. The monoisotopic (exact) mass is 197 g/mol. The summed E-state index contributed by atoms with van der Waals surface area (Å²) in [5.41, 5.74) is 0.324. The largest absolute Gasteiger partial charge is 0.379 e. The second-order valence-electron chi connectivity index (χ2n) is 5.32. The van der Waals surface area contributed by atoms with Crippen LogP contribution in [0.1, 0.15) is 40.0 Å². The Hall–Kier alpha value is -0.0800. The van der Waals surface area contributed by atoms with Gasteiger partial charge >= 0.3 is 0 Å². The Balaban J connectivity index is 2.14. The zero-order valence-corrected chi connectivity index (χ0v) is 9.75. The van der Waals surface area contributed by atoms with Crippen LogP contribution in [-0.4, -0.2) is 36.2 Å². The van der Waals surface area contributed by atoms with Crippen LogP contribution < -0.4 is 0 Å². The van der Waals surface area contributed by atoms with Gasteiger partial charge in [-0.2, -0.15) is 0 Å². The second-order valence-corrected chi connectivity index (χ2v) is 5.32. The molecule has 0 aromatic rings. The van der Waals surface area contributed by atoms with Gasteiger partial charge in [-0.1, -0.05) is 0 Å². The van der Waals surface area contributed by atoms with Gasteiger partial charge in [-0.3, -0.25) is 4.90 Å². The van der Waals surface area contributed by atoms with E-state index in [9.17, 15) is 0 Å². The Morgan fingerprint density at radius 2 is 2.07 bits per heavy atom. The lowest BCUT2D eigenvalue weighted by molar-refractivity contribution is 0.00517. The van der Waals surface area contributed by atoms with Gasteiger partial charge in [-0.25, -0.2) is 0 Å². The maximum absolute atomic E-state index is 5.75. The molecule has 82 valence electrons. The fourth-order valence-electron chi connectivity index (χ4n) is 2.86. The molecular weight excluding hydrogens is 174 g/mol. The van der Waals surface area contributed by atoms with Crippen molar-refractivity contribution in [2.45, 2.75) is 51.6 Å². The molecule has 1 heterocycles. The molecule has 1 aliphatic heterocycles. The summed E-state index contributed by atoms with van der Waals surface area (Å²) >= 11 is 0. The first-order chi connectivity index (χ1) is 6.64. The molecule has 14 heavy (non-hydrogen) atoms. The highest BCUT2D eigenvalue weighted by molar-refractivity contribution is 5.01. The summed E-state index contributed by atoms with van der Waals surface area (Å²) in [7, 11) is 0. The van der Waals surface area contributed by atoms with Gasteiger partial charge in [-0.05, 0) is 46.0 Å². The third kappa shape index (κ3) is 1.82. The minimum atomic E-state index is 0.324. The van der Waals surface area contributed by atoms with Gasteiger partial charge < -0.3 is 4.74 Å². The molecule has 0 spiro atoms. The average molecular weight is 197 g/mol. The Morgan fingerprint density at radius 1 is 1.36 bits per heavy atom. The number of nitrogens with zero attached hydrogens (tertiary/aromatic N) is 1. The molecule has 2 nitrogen and oxygen atoms in total. The molecule has 0 bridgehead atoms. The van der Waals surface area contributed by atoms with Crippen molar-refractivity contribution in [2.24, 2.45) is 5.92 Å². The zero-order chi connectivity index (χ0) is 10.2. The summed E-state index contributed by atoms with van der Waals surface area (Å²) in [5.74, 6) is 0.892. The van der Waals surface area contributed by atoms with Crippen LogP contribution in [0.25, 0.3) is 0 Å². The minimum Gasteiger partial charge on any atom is -0.379 e. The Bertz CT molecular complexity index is 200. The van der Waals surface area contributed by atoms with E-state index in [1.165, 1.54) is 25.8 Å². The molecule has 2 rings (SSSR count). The summed E-state index contributed by atoms with van der Waals surface area (Å²) in [6.07, 6.45) is 4.01. The molecule has 1 saturated heterocycles. The topological polar surface area (TPSA) is 12.5 Å². The van der Waals surface area contributed by atoms with Crippen LogP contribution in [-0.2, 0) is 4.74 Å². The highest BCUT2D eigenvalue weighted by Gasteiger charge is 2.47. The first-order valence-electron chi connectivity index (χ1n) is 5.99. The van der Waals surface area contributed by atoms with Gasteiger partial charge in [0.1, 0.15) is 0 Å². The molecule has 0 N–H and O–H groups in total. The van der Waals surface area contributed by atoms with E-state index >= 15 is 0 Å². The van der Waals surface area contributed by atoms with E-state index in [2.05, 4.69) is 25.7 Å². The van der Waals surface area contributed by atoms with Crippen molar-refractivity contribution < 1.29 is 4.74 Å². The van der Waals surface area contributed by atoms with E-state index in [1.807, 2.05) is 0 Å². The number of hydrogen-bond donors (Lipinski definition) is 0. The Kier molecular flexibility index (Phi) is 2.85. The van der Waals surface area contributed by atoms with E-state index in [0.717, 1.165) is 19.1 Å². The Morgan fingerprint density at radius 3 is 2.64 bits per heavy atom. The SMILES string of the molecule is CC(C)N1CCCOC[C@@]1(C)C1CC1. The quantitative estimate of drug-likeness (QED) is 0.673. The molecule has 2 heteroatoms. The number of hydrogen-bond acceptors (Lipinski definition) is 2. The lowest BCUT2D eigenvalue weighted by Gasteiger charge is -2.42. The predicted molar refractivity (Wildman–Crippen MR) is 58.4 cm³/mol. The third-order valence-electron chi connectivity index (χ3n) is 3.82. The highest BCUT2D eigenvalue weighted by atomic mass is 16.5. The Labute approximate surface area is 87.6 Å². The van der Waals surface area contributed by atoms with Gasteiger partial charge in [0.2, 0.25) is 0 Å². The van der Waals surface area contributed by atoms with Gasteiger partial charge in [0, 0.05) is 24.7 Å². The lowest BCUT2D eigenvalue weighted by Crippen LogP contribution is -2.53. The van der Waals surface area contributed by atoms with Crippen molar-refractivity contribution in [3.63, 3.8) is 0 Å². The van der Waals surface area contributed by atoms with Gasteiger partial charge in [0.25, 0.3) is 0 Å². The van der Waals surface area contributed by atoms with E-state index in [-0.39, 0.29) is 0 Å². The summed E-state index contributed by atoms with van der Waals surface area (Å²) in [6.45, 7) is 10.1. The van der Waals surface area contributed by atoms with Crippen LogP contribution in [0, 0.1) is 5.92 Å². The van der Waals surface area contributed by atoms with E-state index in [0.29, 0.717) is 11.6 Å². The molecule has 1 saturated carbocycles. The van der Waals surface area contributed by atoms with Crippen LogP contribution in [0.5, 0.6) is 0 Å². The second kappa shape index (κ2) is 3.82. The van der Waals surface area contributed by atoms with Crippen molar-refractivity contribution >= 4 is 0 Å². The van der Waals surface area contributed by atoms with Crippen LogP contribution in [0.2, 0.25) is 0 Å². The molecule has 0 amide bonds. The molecule has 1 atom stereocenters. The highest BCUT2D eigenvalue weighted by Crippen LogP contribution is 2.44. The maximum atomic E-state index is 5.75. The zero-order valence-electron chi connectivity index (χ0n) is 9.75. The minimum absolute atomic E-state index is 0.324. The molecule has 0 radical (unpaired) electrons. The normalized spacial score (nSPS) is 36.0. The summed E-state index contributed by atoms with van der Waals surface area (Å²) in [4.78, 5) is 2.66. The lowest BCUT2D eigenvalue weighted by atomic mass is 9.93. The summed E-state index contributed by atoms with van der Waals surface area (Å²) in [6, 6.07) is 0.655. The molecular formula is C12H23NO. The predicted octanol–water partition coefficient (Wildman–Crippen LogP) is 2.29. The third-order valence-corrected chi connectivity index (χ3v) is 3.82. The van der Waals surface area contributed by atoms with Crippen molar-refractivity contribution in [3.8, 4) is 0 Å². The first-order valence-corrected chi connectivity index (χ1v) is 5.99. The summed E-state index contributed by atoms with van der Waals surface area (Å²) in [5, 5.41) is 0. The van der Waals surface area contributed by atoms with Crippen LogP contribution in [0.15, 0.2) is 0 Å². The van der Waals surface area contributed by atoms with Crippen LogP contribution in [0.4, 0.5) is 0 Å². The van der Waals surface area contributed by atoms with Gasteiger partial charge in [0.15, 0.2) is 0 Å². The standard InChI is InChI=1S/C12H23NO/c1-10(2)13-7-4-8-14-9-12(13,3)11-5-6-11/h10-11H,4-9H2,1-3H3/t12-/m0/s1. The maximum Gasteiger partial charge on any atom is 0.0650 e. The van der Waals surface area contributed by atoms with Crippen molar-refractivity contribution in [3.05, 3.63) is 0 Å². The average Bonchev–Trinajstić information content (AvgIpc) is 2.87. The van der Waals surface area contributed by atoms with Gasteiger partial charge in [-0.15, -0.1) is 0 Å². The van der Waals surface area contributed by atoms with E-state index in [1.54, 1.807) is 0 Å². The van der Waals surface area contributed by atoms with Crippen molar-refractivity contribution in [1.29, 1.82) is 0 Å². The summed E-state index contributed by atoms with van der Waals surface area (Å²) < 4.78 is 5.75. The molecule has 2 fully saturated rings. The molecule has 1 aliphatic carbocycles. The first kappa shape index (κ1) is 10.4. The fourth-order valence-corrected chi connectivity index (χ4v) is 2.86. The fraction of sp³-hybridized carbons (Fsp3) is 1.00. The number of rotatable bonds is 2. The van der Waals surface area contributed by atoms with Crippen molar-refractivity contribution in [2.75, 3.05) is 19.8 Å². The van der Waals surface area contributed by atoms with Crippen LogP contribution >= 0.6 is 0 Å². The molecule has 0 unspecified atom stereocenters. The van der Waals surface area contributed by atoms with Crippen molar-refractivity contribution in [1.82, 2.24) is 4.90 Å². The number of ether oxygens (including phenoxy) is 1. The van der Waals surface area contributed by atoms with Gasteiger partial charge in [0.05, 0.1) is 6.61 Å². The molecule has 0 aromatic heterocycles. The van der Waals surface area contributed by atoms with E-state index < -0.39 is 0 Å². The molecule has 2 aliphatic rings. The van der Waals surface area contributed by atoms with E-state index in [4.69, 9.17) is 4.74 Å². The smallest absolute Gasteiger partial charge is 0.0650 e. The van der Waals surface area contributed by atoms with Crippen LogP contribution in [0.3, 0.4) is 0 Å².